The Hall–Kier alpha value is -3.66. The van der Waals surface area contributed by atoms with Gasteiger partial charge in [-0.1, -0.05) is 12.7 Å². The predicted octanol–water partition coefficient (Wildman–Crippen LogP) is 3.54. The third-order valence-electron chi connectivity index (χ3n) is 4.40. The third-order valence-corrected chi connectivity index (χ3v) is 6.24. The Bertz CT molecular complexity index is 1190. The standard InChI is InChI=1S/C23H27N3O6S/c1-6-19(33(28,29)20(8-10-30-4)11-17(3)31-5)14-25-16(2)13-26-23(27)21-12-18-7-9-24-15-22(18)32-21/h6-12,14-16H,3,13H2,1-2,4-5H3,(H,26,27). The molecular formula is C23H27N3O6S. The van der Waals surface area contributed by atoms with Crippen LogP contribution in [0.15, 0.2) is 80.6 Å². The van der Waals surface area contributed by atoms with Gasteiger partial charge >= 0.3 is 0 Å². The number of furan rings is 1. The zero-order valence-electron chi connectivity index (χ0n) is 18.9. The molecule has 1 N–H and O–H groups in total. The maximum absolute atomic E-state index is 13.0. The van der Waals surface area contributed by atoms with Gasteiger partial charge in [-0.25, -0.2) is 8.42 Å². The molecule has 0 saturated carbocycles. The molecule has 0 aliphatic heterocycles. The van der Waals surface area contributed by atoms with Gasteiger partial charge in [0.25, 0.3) is 5.91 Å². The largest absolute Gasteiger partial charge is 0.504 e. The molecule has 0 bridgehead atoms. The first-order valence-electron chi connectivity index (χ1n) is 9.93. The number of methoxy groups -OCH3 is 2. The number of aliphatic imine (C=N–C) groups is 1. The third kappa shape index (κ3) is 6.91. The first-order chi connectivity index (χ1) is 15.7. The van der Waals surface area contributed by atoms with E-state index in [1.54, 1.807) is 32.2 Å². The Morgan fingerprint density at radius 3 is 2.76 bits per heavy atom. The number of nitrogens with zero attached hydrogens (tertiary/aromatic N) is 2. The Kier molecular flexibility index (Phi) is 9.17. The zero-order valence-corrected chi connectivity index (χ0v) is 19.8. The number of ether oxygens (including phenoxy) is 2. The van der Waals surface area contributed by atoms with Gasteiger partial charge in [-0.05, 0) is 38.1 Å². The summed E-state index contributed by atoms with van der Waals surface area (Å²) in [4.78, 5) is 20.5. The molecule has 2 aromatic rings. The molecule has 2 aromatic heterocycles. The maximum atomic E-state index is 13.0. The summed E-state index contributed by atoms with van der Waals surface area (Å²) in [6, 6.07) is 2.97. The minimum Gasteiger partial charge on any atom is -0.504 e. The van der Waals surface area contributed by atoms with Crippen LogP contribution in [-0.2, 0) is 19.3 Å². The fourth-order valence-electron chi connectivity index (χ4n) is 2.58. The maximum Gasteiger partial charge on any atom is 0.287 e. The number of aromatic nitrogens is 1. The molecule has 0 fully saturated rings. The average Bonchev–Trinajstić information content (AvgIpc) is 3.24. The monoisotopic (exact) mass is 473 g/mol. The van der Waals surface area contributed by atoms with Gasteiger partial charge in [-0.3, -0.25) is 14.8 Å². The normalized spacial score (nSPS) is 14.1. The summed E-state index contributed by atoms with van der Waals surface area (Å²) in [5.74, 6) is -0.0803. The lowest BCUT2D eigenvalue weighted by Crippen LogP contribution is -2.29. The Labute approximate surface area is 193 Å². The van der Waals surface area contributed by atoms with E-state index in [9.17, 15) is 13.2 Å². The number of sulfone groups is 1. The number of carbonyl (C=O) groups is 1. The van der Waals surface area contributed by atoms with E-state index in [0.717, 1.165) is 5.39 Å². The van der Waals surface area contributed by atoms with Crippen LogP contribution in [0.2, 0.25) is 0 Å². The minimum absolute atomic E-state index is 0.0265. The van der Waals surface area contributed by atoms with Gasteiger partial charge in [-0.15, -0.1) is 0 Å². The van der Waals surface area contributed by atoms with Gasteiger partial charge in [0.1, 0.15) is 5.76 Å². The van der Waals surface area contributed by atoms with Crippen molar-refractivity contribution in [3.8, 4) is 0 Å². The fourth-order valence-corrected chi connectivity index (χ4v) is 3.88. The lowest BCUT2D eigenvalue weighted by atomic mass is 10.3. The summed E-state index contributed by atoms with van der Waals surface area (Å²) in [5, 5.41) is 3.49. The van der Waals surface area contributed by atoms with E-state index < -0.39 is 21.8 Å². The predicted molar refractivity (Wildman–Crippen MR) is 127 cm³/mol. The van der Waals surface area contributed by atoms with Crippen LogP contribution in [0.3, 0.4) is 0 Å². The van der Waals surface area contributed by atoms with Crippen molar-refractivity contribution in [3.63, 3.8) is 0 Å². The van der Waals surface area contributed by atoms with Gasteiger partial charge in [0.2, 0.25) is 9.84 Å². The Morgan fingerprint density at radius 2 is 2.12 bits per heavy atom. The molecule has 33 heavy (non-hydrogen) atoms. The van der Waals surface area contributed by atoms with Gasteiger partial charge in [0.05, 0.1) is 42.5 Å². The number of hydrogen-bond acceptors (Lipinski definition) is 8. The van der Waals surface area contributed by atoms with Crippen molar-refractivity contribution in [3.05, 3.63) is 76.9 Å². The quantitative estimate of drug-likeness (QED) is 0.301. The summed E-state index contributed by atoms with van der Waals surface area (Å²) in [6.07, 6.45) is 9.64. The lowest BCUT2D eigenvalue weighted by Gasteiger charge is -2.10. The van der Waals surface area contributed by atoms with E-state index in [1.807, 2.05) is 0 Å². The van der Waals surface area contributed by atoms with Crippen molar-refractivity contribution in [1.29, 1.82) is 0 Å². The summed E-state index contributed by atoms with van der Waals surface area (Å²) < 4.78 is 41.4. The minimum atomic E-state index is -3.92. The van der Waals surface area contributed by atoms with Crippen LogP contribution in [0.1, 0.15) is 24.4 Å². The van der Waals surface area contributed by atoms with E-state index in [-0.39, 0.29) is 27.9 Å². The number of carbonyl (C=O) groups excluding carboxylic acids is 1. The molecule has 1 amide bonds. The van der Waals surface area contributed by atoms with Gasteiger partial charge < -0.3 is 19.2 Å². The van der Waals surface area contributed by atoms with Crippen molar-refractivity contribution in [2.45, 2.75) is 19.9 Å². The first-order valence-corrected chi connectivity index (χ1v) is 11.4. The van der Waals surface area contributed by atoms with E-state index in [2.05, 4.69) is 21.9 Å². The molecule has 0 aliphatic carbocycles. The molecule has 9 nitrogen and oxygen atoms in total. The summed E-state index contributed by atoms with van der Waals surface area (Å²) in [7, 11) is -1.13. The highest BCUT2D eigenvalue weighted by molar-refractivity contribution is 8.00. The van der Waals surface area contributed by atoms with Crippen LogP contribution in [-0.4, -0.2) is 52.3 Å². The van der Waals surface area contributed by atoms with Crippen LogP contribution in [0.25, 0.3) is 11.0 Å². The summed E-state index contributed by atoms with van der Waals surface area (Å²) >= 11 is 0. The van der Waals surface area contributed by atoms with Crippen LogP contribution in [0, 0.1) is 0 Å². The van der Waals surface area contributed by atoms with E-state index in [0.29, 0.717) is 5.58 Å². The molecule has 0 radical (unpaired) electrons. The van der Waals surface area contributed by atoms with Gasteiger partial charge in [0.15, 0.2) is 11.3 Å². The summed E-state index contributed by atoms with van der Waals surface area (Å²) in [5.41, 5.74) is 0.513. The molecule has 2 rings (SSSR count). The Balaban J connectivity index is 2.09. The van der Waals surface area contributed by atoms with Gasteiger partial charge in [-0.2, -0.15) is 0 Å². The molecular weight excluding hydrogens is 446 g/mol. The molecule has 0 aliphatic rings. The summed E-state index contributed by atoms with van der Waals surface area (Å²) in [6.45, 7) is 7.14. The molecule has 0 spiro atoms. The second-order valence-corrected chi connectivity index (χ2v) is 8.76. The van der Waals surface area contributed by atoms with Crippen molar-refractivity contribution < 1.29 is 27.1 Å². The van der Waals surface area contributed by atoms with Crippen LogP contribution in [0.4, 0.5) is 0 Å². The second-order valence-electron chi connectivity index (χ2n) is 6.81. The SMILES string of the molecule is C=C(C=C(C=COC)S(=O)(=O)C(C=NC(C)CNC(=O)c1cc2ccncc2o1)=CC)OC. The van der Waals surface area contributed by atoms with E-state index in [1.165, 1.54) is 51.1 Å². The lowest BCUT2D eigenvalue weighted by molar-refractivity contribution is 0.0926. The van der Waals surface area contributed by atoms with Crippen LogP contribution in [0.5, 0.6) is 0 Å². The Morgan fingerprint density at radius 1 is 1.36 bits per heavy atom. The zero-order chi connectivity index (χ0) is 24.4. The second kappa shape index (κ2) is 11.8. The number of pyridine rings is 1. The molecule has 0 aromatic carbocycles. The first kappa shape index (κ1) is 25.6. The molecule has 2 heterocycles. The van der Waals surface area contributed by atoms with Crippen LogP contribution < -0.4 is 5.32 Å². The fraction of sp³-hybridized carbons (Fsp3) is 0.261. The van der Waals surface area contributed by atoms with Crippen molar-refractivity contribution in [2.24, 2.45) is 4.99 Å². The van der Waals surface area contributed by atoms with Crippen molar-refractivity contribution in [1.82, 2.24) is 10.3 Å². The number of amides is 1. The smallest absolute Gasteiger partial charge is 0.287 e. The van der Waals surface area contributed by atoms with E-state index >= 15 is 0 Å². The number of nitrogens with one attached hydrogen (secondary N) is 1. The molecule has 1 unspecified atom stereocenters. The van der Waals surface area contributed by atoms with Crippen molar-refractivity contribution >= 4 is 32.9 Å². The molecule has 0 saturated heterocycles. The number of rotatable bonds is 11. The highest BCUT2D eigenvalue weighted by Gasteiger charge is 2.21. The molecule has 1 atom stereocenters. The number of allylic oxidation sites excluding steroid dienone is 4. The molecule has 176 valence electrons. The number of hydrogen-bond donors (Lipinski definition) is 1. The van der Waals surface area contributed by atoms with Crippen molar-refractivity contribution in [2.75, 3.05) is 20.8 Å². The average molecular weight is 474 g/mol. The number of fused-ring (bicyclic) bond motifs is 1. The highest BCUT2D eigenvalue weighted by atomic mass is 32.2. The topological polar surface area (TPSA) is 120 Å². The molecule has 10 heteroatoms. The van der Waals surface area contributed by atoms with Gasteiger partial charge in [0, 0.05) is 24.3 Å². The van der Waals surface area contributed by atoms with Crippen LogP contribution >= 0.6 is 0 Å². The van der Waals surface area contributed by atoms with E-state index in [4.69, 9.17) is 13.9 Å². The highest BCUT2D eigenvalue weighted by Crippen LogP contribution is 2.20.